The SMILES string of the molecule is CC(C)(C)OC(=O)N1CCCC1C(=O)c1ccccc1[N+](=O)[O-]. The van der Waals surface area contributed by atoms with Crippen LogP contribution in [0.15, 0.2) is 24.3 Å². The molecule has 23 heavy (non-hydrogen) atoms. The van der Waals surface area contributed by atoms with Crippen LogP contribution in [-0.4, -0.2) is 39.9 Å². The lowest BCUT2D eigenvalue weighted by Crippen LogP contribution is -2.43. The molecule has 7 nitrogen and oxygen atoms in total. The summed E-state index contributed by atoms with van der Waals surface area (Å²) in [5.74, 6) is -0.416. The zero-order chi connectivity index (χ0) is 17.2. The molecule has 0 spiro atoms. The predicted molar refractivity (Wildman–Crippen MR) is 83.4 cm³/mol. The monoisotopic (exact) mass is 320 g/mol. The number of ketones is 1. The zero-order valence-corrected chi connectivity index (χ0v) is 13.4. The number of carbonyl (C=O) groups is 2. The summed E-state index contributed by atoms with van der Waals surface area (Å²) in [5.41, 5.74) is -0.877. The van der Waals surface area contributed by atoms with Gasteiger partial charge in [-0.2, -0.15) is 0 Å². The van der Waals surface area contributed by atoms with Crippen LogP contribution in [0.5, 0.6) is 0 Å². The molecule has 124 valence electrons. The van der Waals surface area contributed by atoms with Crippen LogP contribution in [-0.2, 0) is 4.74 Å². The van der Waals surface area contributed by atoms with E-state index in [9.17, 15) is 19.7 Å². The summed E-state index contributed by atoms with van der Waals surface area (Å²) in [7, 11) is 0. The van der Waals surface area contributed by atoms with E-state index in [-0.39, 0.29) is 11.3 Å². The fourth-order valence-electron chi connectivity index (χ4n) is 2.60. The molecular weight excluding hydrogens is 300 g/mol. The first kappa shape index (κ1) is 16.9. The minimum absolute atomic E-state index is 0.0259. The molecule has 1 aromatic carbocycles. The first-order valence-corrected chi connectivity index (χ1v) is 7.48. The molecule has 1 aliphatic rings. The van der Waals surface area contributed by atoms with E-state index in [2.05, 4.69) is 0 Å². The fraction of sp³-hybridized carbons (Fsp3) is 0.500. The van der Waals surface area contributed by atoms with Gasteiger partial charge in [-0.1, -0.05) is 12.1 Å². The molecule has 1 aliphatic heterocycles. The van der Waals surface area contributed by atoms with E-state index in [1.807, 2.05) is 0 Å². The number of nitrogens with zero attached hydrogens (tertiary/aromatic N) is 2. The lowest BCUT2D eigenvalue weighted by atomic mass is 10.0. The van der Waals surface area contributed by atoms with Gasteiger partial charge in [-0.3, -0.25) is 19.8 Å². The Morgan fingerprint density at radius 3 is 2.57 bits per heavy atom. The second-order valence-electron chi connectivity index (χ2n) is 6.47. The fourth-order valence-corrected chi connectivity index (χ4v) is 2.60. The van der Waals surface area contributed by atoms with Crippen molar-refractivity contribution < 1.29 is 19.2 Å². The maximum absolute atomic E-state index is 12.7. The molecule has 0 aromatic heterocycles. The van der Waals surface area contributed by atoms with E-state index in [0.717, 1.165) is 0 Å². The molecule has 1 aromatic rings. The summed E-state index contributed by atoms with van der Waals surface area (Å²) in [4.78, 5) is 36.8. The normalized spacial score (nSPS) is 17.9. The summed E-state index contributed by atoms with van der Waals surface area (Å²) in [6.45, 7) is 5.66. The number of hydrogen-bond donors (Lipinski definition) is 0. The first-order chi connectivity index (χ1) is 10.7. The van der Waals surface area contributed by atoms with E-state index in [1.54, 1.807) is 26.8 Å². The molecule has 1 amide bonds. The number of benzene rings is 1. The number of Topliss-reactive ketones (excluding diaryl/α,β-unsaturated/α-hetero) is 1. The highest BCUT2D eigenvalue weighted by molar-refractivity contribution is 6.04. The molecule has 1 saturated heterocycles. The second-order valence-corrected chi connectivity index (χ2v) is 6.47. The summed E-state index contributed by atoms with van der Waals surface area (Å²) < 4.78 is 5.32. The highest BCUT2D eigenvalue weighted by Crippen LogP contribution is 2.27. The van der Waals surface area contributed by atoms with Gasteiger partial charge in [0, 0.05) is 12.6 Å². The predicted octanol–water partition coefficient (Wildman–Crippen LogP) is 3.18. The smallest absolute Gasteiger partial charge is 0.410 e. The molecule has 7 heteroatoms. The number of nitro benzene ring substituents is 1. The van der Waals surface area contributed by atoms with Crippen LogP contribution in [0.4, 0.5) is 10.5 Å². The van der Waals surface area contributed by atoms with E-state index >= 15 is 0 Å². The number of nitro groups is 1. The van der Waals surface area contributed by atoms with Crippen LogP contribution < -0.4 is 0 Å². The third-order valence-corrected chi connectivity index (χ3v) is 3.55. The van der Waals surface area contributed by atoms with Gasteiger partial charge in [-0.05, 0) is 39.7 Å². The van der Waals surface area contributed by atoms with Crippen LogP contribution in [0.3, 0.4) is 0 Å². The Morgan fingerprint density at radius 2 is 1.96 bits per heavy atom. The quantitative estimate of drug-likeness (QED) is 0.485. The molecule has 0 bridgehead atoms. The van der Waals surface area contributed by atoms with Gasteiger partial charge in [-0.25, -0.2) is 4.79 Å². The van der Waals surface area contributed by atoms with Crippen LogP contribution >= 0.6 is 0 Å². The van der Waals surface area contributed by atoms with Crippen LogP contribution in [0, 0.1) is 10.1 Å². The van der Waals surface area contributed by atoms with Gasteiger partial charge in [-0.15, -0.1) is 0 Å². The van der Waals surface area contributed by atoms with Crippen molar-refractivity contribution in [1.82, 2.24) is 4.90 Å². The third kappa shape index (κ3) is 3.85. The Kier molecular flexibility index (Phi) is 4.68. The van der Waals surface area contributed by atoms with Crippen molar-refractivity contribution in [3.05, 3.63) is 39.9 Å². The molecule has 1 unspecified atom stereocenters. The number of para-hydroxylation sites is 1. The van der Waals surface area contributed by atoms with Gasteiger partial charge in [0.2, 0.25) is 0 Å². The van der Waals surface area contributed by atoms with Crippen molar-refractivity contribution in [3.8, 4) is 0 Å². The van der Waals surface area contributed by atoms with Crippen molar-refractivity contribution in [2.75, 3.05) is 6.54 Å². The Morgan fingerprint density at radius 1 is 1.30 bits per heavy atom. The minimum atomic E-state index is -0.717. The molecule has 0 saturated carbocycles. The second kappa shape index (κ2) is 6.36. The standard InChI is InChI=1S/C16H20N2O5/c1-16(2,3)23-15(20)17-10-6-9-13(17)14(19)11-7-4-5-8-12(11)18(21)22/h4-5,7-8,13H,6,9-10H2,1-3H3. The lowest BCUT2D eigenvalue weighted by Gasteiger charge is -2.27. The molecule has 0 radical (unpaired) electrons. The van der Waals surface area contributed by atoms with E-state index in [4.69, 9.17) is 4.74 Å². The number of hydrogen-bond acceptors (Lipinski definition) is 5. The Hall–Kier alpha value is -2.44. The van der Waals surface area contributed by atoms with Gasteiger partial charge in [0.1, 0.15) is 5.60 Å². The number of rotatable bonds is 3. The number of amides is 1. The molecule has 1 heterocycles. The molecule has 2 rings (SSSR count). The van der Waals surface area contributed by atoms with Crippen LogP contribution in [0.1, 0.15) is 44.0 Å². The van der Waals surface area contributed by atoms with Crippen LogP contribution in [0.25, 0.3) is 0 Å². The summed E-state index contributed by atoms with van der Waals surface area (Å²) in [5, 5.41) is 11.1. The highest BCUT2D eigenvalue weighted by atomic mass is 16.6. The van der Waals surface area contributed by atoms with Crippen molar-refractivity contribution in [1.29, 1.82) is 0 Å². The van der Waals surface area contributed by atoms with Gasteiger partial charge in [0.15, 0.2) is 5.78 Å². The van der Waals surface area contributed by atoms with Gasteiger partial charge in [0.05, 0.1) is 16.5 Å². The van der Waals surface area contributed by atoms with E-state index in [0.29, 0.717) is 19.4 Å². The maximum Gasteiger partial charge on any atom is 0.410 e. The summed E-state index contributed by atoms with van der Waals surface area (Å²) in [6.07, 6.45) is 0.576. The zero-order valence-electron chi connectivity index (χ0n) is 13.4. The molecule has 0 N–H and O–H groups in total. The van der Waals surface area contributed by atoms with E-state index < -0.39 is 28.4 Å². The van der Waals surface area contributed by atoms with Crippen molar-refractivity contribution in [2.24, 2.45) is 0 Å². The average Bonchev–Trinajstić information content (AvgIpc) is 2.94. The minimum Gasteiger partial charge on any atom is -0.444 e. The molecule has 1 fully saturated rings. The van der Waals surface area contributed by atoms with Crippen molar-refractivity contribution in [3.63, 3.8) is 0 Å². The molecule has 1 atom stereocenters. The third-order valence-electron chi connectivity index (χ3n) is 3.55. The Bertz CT molecular complexity index is 636. The number of carbonyl (C=O) groups excluding carboxylic acids is 2. The van der Waals surface area contributed by atoms with Gasteiger partial charge >= 0.3 is 6.09 Å². The van der Waals surface area contributed by atoms with Gasteiger partial charge < -0.3 is 4.74 Å². The first-order valence-electron chi connectivity index (χ1n) is 7.48. The topological polar surface area (TPSA) is 89.8 Å². The molecular formula is C16H20N2O5. The number of ether oxygens (including phenoxy) is 1. The molecule has 0 aliphatic carbocycles. The highest BCUT2D eigenvalue weighted by Gasteiger charge is 2.38. The average molecular weight is 320 g/mol. The lowest BCUT2D eigenvalue weighted by molar-refractivity contribution is -0.385. The van der Waals surface area contributed by atoms with Crippen molar-refractivity contribution >= 4 is 17.6 Å². The summed E-state index contributed by atoms with van der Waals surface area (Å²) in [6, 6.07) is 5.08. The van der Waals surface area contributed by atoms with Crippen molar-refractivity contribution in [2.45, 2.75) is 45.3 Å². The Labute approximate surface area is 134 Å². The number of likely N-dealkylation sites (tertiary alicyclic amines) is 1. The maximum atomic E-state index is 12.7. The van der Waals surface area contributed by atoms with Gasteiger partial charge in [0.25, 0.3) is 5.69 Å². The largest absolute Gasteiger partial charge is 0.444 e. The van der Waals surface area contributed by atoms with E-state index in [1.165, 1.54) is 23.1 Å². The Balaban J connectivity index is 2.25. The van der Waals surface area contributed by atoms with Crippen LogP contribution in [0.2, 0.25) is 0 Å². The summed E-state index contributed by atoms with van der Waals surface area (Å²) >= 11 is 0.